The van der Waals surface area contributed by atoms with Crippen LogP contribution in [0.25, 0.3) is 5.57 Å². The van der Waals surface area contributed by atoms with Gasteiger partial charge in [-0.3, -0.25) is 0 Å². The van der Waals surface area contributed by atoms with Crippen molar-refractivity contribution in [1.29, 1.82) is 0 Å². The highest BCUT2D eigenvalue weighted by atomic mass is 16.4. The molecule has 1 aliphatic carbocycles. The number of hydrogen-bond acceptors (Lipinski definition) is 1. The van der Waals surface area contributed by atoms with E-state index in [4.69, 9.17) is 0 Å². The van der Waals surface area contributed by atoms with Crippen LogP contribution in [0.1, 0.15) is 69.4 Å². The predicted octanol–water partition coefficient (Wildman–Crippen LogP) is 5.80. The number of carboxylic acids is 1. The molecule has 0 atom stereocenters. The van der Waals surface area contributed by atoms with Gasteiger partial charge in [-0.2, -0.15) is 0 Å². The summed E-state index contributed by atoms with van der Waals surface area (Å²) in [6.07, 6.45) is 13.1. The molecule has 0 aromatic heterocycles. The Morgan fingerprint density at radius 3 is 2.35 bits per heavy atom. The van der Waals surface area contributed by atoms with Crippen molar-refractivity contribution in [3.05, 3.63) is 53.6 Å². The Morgan fingerprint density at radius 1 is 1.17 bits per heavy atom. The van der Waals surface area contributed by atoms with Gasteiger partial charge >= 0.3 is 5.97 Å². The second-order valence-corrected chi connectivity index (χ2v) is 6.54. The maximum atomic E-state index is 11.4. The highest BCUT2D eigenvalue weighted by Gasteiger charge is 2.22. The van der Waals surface area contributed by atoms with Crippen LogP contribution in [-0.4, -0.2) is 11.1 Å². The zero-order valence-electron chi connectivity index (χ0n) is 14.3. The number of benzene rings is 1. The number of carbonyl (C=O) groups is 1. The van der Waals surface area contributed by atoms with Gasteiger partial charge < -0.3 is 5.11 Å². The van der Waals surface area contributed by atoms with Crippen molar-refractivity contribution in [2.75, 3.05) is 0 Å². The van der Waals surface area contributed by atoms with Gasteiger partial charge in [0.2, 0.25) is 0 Å². The van der Waals surface area contributed by atoms with Gasteiger partial charge in [0.05, 0.1) is 5.57 Å². The van der Waals surface area contributed by atoms with E-state index in [9.17, 15) is 9.90 Å². The molecule has 2 nitrogen and oxygen atoms in total. The quantitative estimate of drug-likeness (QED) is 0.532. The average Bonchev–Trinajstić information content (AvgIpc) is 2.57. The molecule has 2 rings (SSSR count). The van der Waals surface area contributed by atoms with E-state index in [1.165, 1.54) is 44.1 Å². The summed E-state index contributed by atoms with van der Waals surface area (Å²) in [5.41, 5.74) is 2.49. The molecule has 0 saturated heterocycles. The first-order valence-electron chi connectivity index (χ1n) is 8.82. The summed E-state index contributed by atoms with van der Waals surface area (Å²) in [7, 11) is 0. The minimum atomic E-state index is -0.879. The molecule has 2 heteroatoms. The Bertz CT molecular complexity index is 558. The number of rotatable bonds is 6. The maximum Gasteiger partial charge on any atom is 0.336 e. The van der Waals surface area contributed by atoms with Gasteiger partial charge in [-0.1, -0.05) is 56.2 Å². The van der Waals surface area contributed by atoms with Crippen LogP contribution in [0.2, 0.25) is 0 Å². The Labute approximate surface area is 139 Å². The number of carboxylic acid groups (broad SMARTS) is 1. The summed E-state index contributed by atoms with van der Waals surface area (Å²) in [6, 6.07) is 8.15. The number of hydrogen-bond donors (Lipinski definition) is 1. The van der Waals surface area contributed by atoms with E-state index in [1.807, 2.05) is 25.1 Å². The third-order valence-corrected chi connectivity index (χ3v) is 4.92. The fraction of sp³-hybridized carbons (Fsp3) is 0.476. The topological polar surface area (TPSA) is 37.3 Å². The smallest absolute Gasteiger partial charge is 0.336 e. The molecule has 1 aromatic carbocycles. The number of aliphatic carboxylic acids is 1. The molecule has 0 radical (unpaired) electrons. The monoisotopic (exact) mass is 312 g/mol. The summed E-state index contributed by atoms with van der Waals surface area (Å²) in [6.45, 7) is 4.15. The van der Waals surface area contributed by atoms with E-state index in [-0.39, 0.29) is 0 Å². The Morgan fingerprint density at radius 2 is 1.83 bits per heavy atom. The molecule has 1 aliphatic rings. The molecule has 0 heterocycles. The van der Waals surface area contributed by atoms with Gasteiger partial charge in [0, 0.05) is 0 Å². The standard InChI is InChI=1S/C21H28O2/c1-3-5-7-20(21(22)23)19-14-12-18(13-15-19)17-10-8-16(6-4-2)9-11-17/h3,5,7,12-17H,4,6,8-11H2,1-2H3,(H,22,23)/b5-3+,20-7+. The third-order valence-electron chi connectivity index (χ3n) is 4.92. The lowest BCUT2D eigenvalue weighted by Gasteiger charge is -2.28. The molecular weight excluding hydrogens is 284 g/mol. The van der Waals surface area contributed by atoms with Gasteiger partial charge in [0.1, 0.15) is 0 Å². The molecule has 0 bridgehead atoms. The average molecular weight is 312 g/mol. The van der Waals surface area contributed by atoms with Gasteiger partial charge in [-0.25, -0.2) is 4.79 Å². The third kappa shape index (κ3) is 4.82. The predicted molar refractivity (Wildman–Crippen MR) is 96.5 cm³/mol. The van der Waals surface area contributed by atoms with Crippen molar-refractivity contribution < 1.29 is 9.90 Å². The summed E-state index contributed by atoms with van der Waals surface area (Å²) >= 11 is 0. The first-order chi connectivity index (χ1) is 11.2. The summed E-state index contributed by atoms with van der Waals surface area (Å²) < 4.78 is 0. The lowest BCUT2D eigenvalue weighted by Crippen LogP contribution is -2.13. The zero-order chi connectivity index (χ0) is 16.7. The summed E-state index contributed by atoms with van der Waals surface area (Å²) in [4.78, 5) is 11.4. The van der Waals surface area contributed by atoms with Crippen LogP contribution in [0.4, 0.5) is 0 Å². The SMILES string of the molecule is C/C=C/C=C(/C(=O)O)c1ccc(C2CCC(CCC)CC2)cc1. The first kappa shape index (κ1) is 17.5. The lowest BCUT2D eigenvalue weighted by atomic mass is 9.77. The molecule has 1 N–H and O–H groups in total. The van der Waals surface area contributed by atoms with Crippen molar-refractivity contribution in [2.45, 2.75) is 58.3 Å². The molecule has 1 saturated carbocycles. The molecule has 0 spiro atoms. The minimum Gasteiger partial charge on any atom is -0.478 e. The van der Waals surface area contributed by atoms with E-state index in [0.29, 0.717) is 11.5 Å². The molecule has 1 aromatic rings. The largest absolute Gasteiger partial charge is 0.478 e. The van der Waals surface area contributed by atoms with Gasteiger partial charge in [0.25, 0.3) is 0 Å². The summed E-state index contributed by atoms with van der Waals surface area (Å²) in [5.74, 6) is 0.679. The zero-order valence-corrected chi connectivity index (χ0v) is 14.3. The molecule has 0 aliphatic heterocycles. The van der Waals surface area contributed by atoms with Gasteiger partial charge in [-0.15, -0.1) is 0 Å². The van der Waals surface area contributed by atoms with Crippen LogP contribution in [0, 0.1) is 5.92 Å². The van der Waals surface area contributed by atoms with Crippen molar-refractivity contribution in [2.24, 2.45) is 5.92 Å². The highest BCUT2D eigenvalue weighted by molar-refractivity contribution is 6.15. The van der Waals surface area contributed by atoms with Crippen molar-refractivity contribution in [1.82, 2.24) is 0 Å². The van der Waals surface area contributed by atoms with Crippen LogP contribution >= 0.6 is 0 Å². The molecule has 124 valence electrons. The Hall–Kier alpha value is -1.83. The fourth-order valence-electron chi connectivity index (χ4n) is 3.61. The molecule has 0 unspecified atom stereocenters. The lowest BCUT2D eigenvalue weighted by molar-refractivity contribution is -0.130. The van der Waals surface area contributed by atoms with Crippen molar-refractivity contribution in [3.8, 4) is 0 Å². The van der Waals surface area contributed by atoms with Crippen LogP contribution in [-0.2, 0) is 4.79 Å². The molecule has 1 fully saturated rings. The van der Waals surface area contributed by atoms with E-state index in [1.54, 1.807) is 12.2 Å². The van der Waals surface area contributed by atoms with Crippen molar-refractivity contribution >= 4 is 11.5 Å². The fourth-order valence-corrected chi connectivity index (χ4v) is 3.61. The van der Waals surface area contributed by atoms with Crippen molar-refractivity contribution in [3.63, 3.8) is 0 Å². The van der Waals surface area contributed by atoms with E-state index < -0.39 is 5.97 Å². The van der Waals surface area contributed by atoms with Gasteiger partial charge in [0.15, 0.2) is 0 Å². The molecule has 23 heavy (non-hydrogen) atoms. The van der Waals surface area contributed by atoms with E-state index in [2.05, 4.69) is 19.1 Å². The van der Waals surface area contributed by atoms with E-state index >= 15 is 0 Å². The van der Waals surface area contributed by atoms with Crippen LogP contribution < -0.4 is 0 Å². The second-order valence-electron chi connectivity index (χ2n) is 6.54. The van der Waals surface area contributed by atoms with Crippen LogP contribution in [0.15, 0.2) is 42.5 Å². The molecule has 0 amide bonds. The maximum absolute atomic E-state index is 11.4. The Kier molecular flexibility index (Phi) is 6.64. The molecular formula is C21H28O2. The number of allylic oxidation sites excluding steroid dienone is 3. The van der Waals surface area contributed by atoms with Gasteiger partial charge in [-0.05, 0) is 61.6 Å². The normalized spacial score (nSPS) is 22.4. The Balaban J connectivity index is 2.06. The van der Waals surface area contributed by atoms with E-state index in [0.717, 1.165) is 11.5 Å². The summed E-state index contributed by atoms with van der Waals surface area (Å²) in [5, 5.41) is 9.35. The van der Waals surface area contributed by atoms with Crippen LogP contribution in [0.3, 0.4) is 0 Å². The first-order valence-corrected chi connectivity index (χ1v) is 8.82. The second kappa shape index (κ2) is 8.71. The minimum absolute atomic E-state index is 0.348. The highest BCUT2D eigenvalue weighted by Crippen LogP contribution is 2.37. The van der Waals surface area contributed by atoms with Crippen LogP contribution in [0.5, 0.6) is 0 Å².